The SMILES string of the molecule is CN(C)CC#Cc1ccc(OCCCCCC(=O)OC(C)(C)C)c(F)c1. The summed E-state index contributed by atoms with van der Waals surface area (Å²) >= 11 is 0. The minimum Gasteiger partial charge on any atom is -0.491 e. The van der Waals surface area contributed by atoms with Crippen LogP contribution in [0.3, 0.4) is 0 Å². The van der Waals surface area contributed by atoms with Crippen molar-refractivity contribution in [3.8, 4) is 17.6 Å². The van der Waals surface area contributed by atoms with Gasteiger partial charge in [-0.05, 0) is 72.3 Å². The first-order valence-corrected chi connectivity index (χ1v) is 8.95. The second kappa shape index (κ2) is 10.8. The first-order valence-electron chi connectivity index (χ1n) is 8.95. The Labute approximate surface area is 156 Å². The number of carbonyl (C=O) groups excluding carboxylic acids is 1. The van der Waals surface area contributed by atoms with Gasteiger partial charge in [0.2, 0.25) is 0 Å². The predicted molar refractivity (Wildman–Crippen MR) is 102 cm³/mol. The minimum atomic E-state index is -0.444. The monoisotopic (exact) mass is 363 g/mol. The van der Waals surface area contributed by atoms with E-state index in [2.05, 4.69) is 11.8 Å². The van der Waals surface area contributed by atoms with Crippen molar-refractivity contribution in [2.75, 3.05) is 27.2 Å². The van der Waals surface area contributed by atoms with Crippen molar-refractivity contribution in [1.82, 2.24) is 4.90 Å². The molecule has 0 radical (unpaired) electrons. The molecule has 0 spiro atoms. The largest absolute Gasteiger partial charge is 0.491 e. The van der Waals surface area contributed by atoms with E-state index in [4.69, 9.17) is 9.47 Å². The number of hydrogen-bond donors (Lipinski definition) is 0. The van der Waals surface area contributed by atoms with E-state index in [1.54, 1.807) is 12.1 Å². The first kappa shape index (κ1) is 22.0. The molecule has 0 N–H and O–H groups in total. The van der Waals surface area contributed by atoms with Crippen LogP contribution in [0.2, 0.25) is 0 Å². The summed E-state index contributed by atoms with van der Waals surface area (Å²) in [6, 6.07) is 4.75. The van der Waals surface area contributed by atoms with Gasteiger partial charge >= 0.3 is 5.97 Å². The molecule has 0 heterocycles. The summed E-state index contributed by atoms with van der Waals surface area (Å²) in [5.41, 5.74) is 0.190. The normalized spacial score (nSPS) is 11.0. The van der Waals surface area contributed by atoms with Gasteiger partial charge in [0.15, 0.2) is 11.6 Å². The number of esters is 1. The third-order valence-corrected chi connectivity index (χ3v) is 3.26. The zero-order valence-corrected chi connectivity index (χ0v) is 16.5. The van der Waals surface area contributed by atoms with Gasteiger partial charge in [-0.1, -0.05) is 11.8 Å². The van der Waals surface area contributed by atoms with Crippen molar-refractivity contribution < 1.29 is 18.7 Å². The molecule has 0 fully saturated rings. The van der Waals surface area contributed by atoms with Gasteiger partial charge in [0.25, 0.3) is 0 Å². The molecule has 1 aromatic carbocycles. The second-order valence-corrected chi connectivity index (χ2v) is 7.43. The highest BCUT2D eigenvalue weighted by atomic mass is 19.1. The molecule has 4 nitrogen and oxygen atoms in total. The Morgan fingerprint density at radius 2 is 1.92 bits per heavy atom. The first-order chi connectivity index (χ1) is 12.2. The molecule has 0 atom stereocenters. The fourth-order valence-electron chi connectivity index (χ4n) is 2.12. The fraction of sp³-hybridized carbons (Fsp3) is 0.571. The van der Waals surface area contributed by atoms with Crippen molar-refractivity contribution in [3.63, 3.8) is 0 Å². The van der Waals surface area contributed by atoms with Crippen LogP contribution in [0.25, 0.3) is 0 Å². The van der Waals surface area contributed by atoms with Crippen LogP contribution in [0.1, 0.15) is 52.0 Å². The number of benzene rings is 1. The number of unbranched alkanes of at least 4 members (excludes halogenated alkanes) is 2. The highest BCUT2D eigenvalue weighted by Crippen LogP contribution is 2.18. The Hall–Kier alpha value is -2.06. The molecule has 144 valence electrons. The fourth-order valence-corrected chi connectivity index (χ4v) is 2.12. The molecule has 5 heteroatoms. The highest BCUT2D eigenvalue weighted by molar-refractivity contribution is 5.69. The van der Waals surface area contributed by atoms with E-state index in [1.165, 1.54) is 6.07 Å². The Morgan fingerprint density at radius 1 is 1.19 bits per heavy atom. The van der Waals surface area contributed by atoms with Crippen LogP contribution in [0.15, 0.2) is 18.2 Å². The minimum absolute atomic E-state index is 0.185. The molecule has 1 aromatic rings. The number of hydrogen-bond acceptors (Lipinski definition) is 4. The quantitative estimate of drug-likeness (QED) is 0.397. The summed E-state index contributed by atoms with van der Waals surface area (Å²) in [6.45, 7) is 6.60. The van der Waals surface area contributed by atoms with Crippen LogP contribution < -0.4 is 4.74 Å². The summed E-state index contributed by atoms with van der Waals surface area (Å²) in [6.07, 6.45) is 2.72. The summed E-state index contributed by atoms with van der Waals surface area (Å²) < 4.78 is 24.7. The number of ether oxygens (including phenoxy) is 2. The van der Waals surface area contributed by atoms with Crippen molar-refractivity contribution in [2.45, 2.75) is 52.1 Å². The van der Waals surface area contributed by atoms with E-state index >= 15 is 0 Å². The van der Waals surface area contributed by atoms with Gasteiger partial charge in [-0.25, -0.2) is 4.39 Å². The molecular weight excluding hydrogens is 333 g/mol. The van der Waals surface area contributed by atoms with E-state index in [0.29, 0.717) is 25.1 Å². The maximum Gasteiger partial charge on any atom is 0.306 e. The average Bonchev–Trinajstić information content (AvgIpc) is 2.50. The van der Waals surface area contributed by atoms with Crippen LogP contribution in [-0.2, 0) is 9.53 Å². The van der Waals surface area contributed by atoms with Gasteiger partial charge in [0, 0.05) is 12.0 Å². The summed E-state index contributed by atoms with van der Waals surface area (Å²) in [5.74, 6) is 5.53. The predicted octanol–water partition coefficient (Wildman–Crippen LogP) is 4.02. The van der Waals surface area contributed by atoms with Gasteiger partial charge in [0.1, 0.15) is 5.60 Å². The zero-order chi connectivity index (χ0) is 19.6. The molecule has 0 aliphatic heterocycles. The molecule has 0 bridgehead atoms. The van der Waals surface area contributed by atoms with Crippen LogP contribution in [0, 0.1) is 17.7 Å². The van der Waals surface area contributed by atoms with E-state index in [9.17, 15) is 9.18 Å². The van der Waals surface area contributed by atoms with Crippen LogP contribution in [0.4, 0.5) is 4.39 Å². The van der Waals surface area contributed by atoms with Crippen molar-refractivity contribution >= 4 is 5.97 Å². The number of carbonyl (C=O) groups is 1. The van der Waals surface area contributed by atoms with Crippen molar-refractivity contribution in [1.29, 1.82) is 0 Å². The van der Waals surface area contributed by atoms with E-state index in [0.717, 1.165) is 19.3 Å². The van der Waals surface area contributed by atoms with Gasteiger partial charge in [-0.3, -0.25) is 9.69 Å². The van der Waals surface area contributed by atoms with Gasteiger partial charge in [-0.2, -0.15) is 0 Å². The lowest BCUT2D eigenvalue weighted by Crippen LogP contribution is -2.23. The Balaban J connectivity index is 2.29. The van der Waals surface area contributed by atoms with Gasteiger partial charge < -0.3 is 9.47 Å². The molecule has 0 unspecified atom stereocenters. The van der Waals surface area contributed by atoms with Gasteiger partial charge in [-0.15, -0.1) is 0 Å². The molecule has 0 aromatic heterocycles. The lowest BCUT2D eigenvalue weighted by atomic mass is 10.1. The maximum absolute atomic E-state index is 14.0. The van der Waals surface area contributed by atoms with Crippen molar-refractivity contribution in [3.05, 3.63) is 29.6 Å². The lowest BCUT2D eigenvalue weighted by Gasteiger charge is -2.19. The van der Waals surface area contributed by atoms with E-state index in [-0.39, 0.29) is 11.7 Å². The zero-order valence-electron chi connectivity index (χ0n) is 16.5. The molecule has 26 heavy (non-hydrogen) atoms. The molecule has 0 aliphatic carbocycles. The second-order valence-electron chi connectivity index (χ2n) is 7.43. The summed E-state index contributed by atoms with van der Waals surface area (Å²) in [7, 11) is 3.86. The molecule has 0 amide bonds. The number of rotatable bonds is 8. The van der Waals surface area contributed by atoms with Crippen molar-refractivity contribution in [2.24, 2.45) is 0 Å². The molecule has 0 saturated heterocycles. The lowest BCUT2D eigenvalue weighted by molar-refractivity contribution is -0.154. The Bertz CT molecular complexity index is 639. The molecule has 0 saturated carbocycles. The standard InChI is InChI=1S/C21H30FNO3/c1-21(2,3)26-20(24)11-7-6-8-15-25-19-13-12-17(16-18(19)22)10-9-14-23(4)5/h12-13,16H,6-8,11,14-15H2,1-5H3. The van der Waals surface area contributed by atoms with Crippen LogP contribution in [-0.4, -0.2) is 43.7 Å². The Morgan fingerprint density at radius 3 is 2.54 bits per heavy atom. The smallest absolute Gasteiger partial charge is 0.306 e. The third kappa shape index (κ3) is 10.0. The van der Waals surface area contributed by atoms with Gasteiger partial charge in [0.05, 0.1) is 13.2 Å². The van der Waals surface area contributed by atoms with E-state index in [1.807, 2.05) is 39.8 Å². The number of nitrogens with zero attached hydrogens (tertiary/aromatic N) is 1. The molecular formula is C21H30FNO3. The Kier molecular flexibility index (Phi) is 9.15. The van der Waals surface area contributed by atoms with E-state index < -0.39 is 11.4 Å². The topological polar surface area (TPSA) is 38.8 Å². The number of halogens is 1. The maximum atomic E-state index is 14.0. The summed E-state index contributed by atoms with van der Waals surface area (Å²) in [5, 5.41) is 0. The van der Waals surface area contributed by atoms with Crippen LogP contribution in [0.5, 0.6) is 5.75 Å². The molecule has 0 aliphatic rings. The average molecular weight is 363 g/mol. The highest BCUT2D eigenvalue weighted by Gasteiger charge is 2.15. The summed E-state index contributed by atoms with van der Waals surface area (Å²) in [4.78, 5) is 13.5. The van der Waals surface area contributed by atoms with Crippen LogP contribution >= 0.6 is 0 Å². The molecule has 1 rings (SSSR count). The third-order valence-electron chi connectivity index (χ3n) is 3.26.